The number of nitrogens with two attached hydrogens (primary N) is 1. The Morgan fingerprint density at radius 1 is 1.33 bits per heavy atom. The number of aryl methyl sites for hydroxylation is 1. The lowest BCUT2D eigenvalue weighted by molar-refractivity contribution is 0.0951. The van der Waals surface area contributed by atoms with Gasteiger partial charge < -0.3 is 10.4 Å². The van der Waals surface area contributed by atoms with E-state index in [4.69, 9.17) is 5.14 Å². The van der Waals surface area contributed by atoms with Crippen LogP contribution in [0.3, 0.4) is 0 Å². The summed E-state index contributed by atoms with van der Waals surface area (Å²) < 4.78 is 22.4. The van der Waals surface area contributed by atoms with Gasteiger partial charge in [0.25, 0.3) is 5.91 Å². The van der Waals surface area contributed by atoms with Crippen LogP contribution in [0.25, 0.3) is 0 Å². The molecule has 0 saturated carbocycles. The molecule has 1 heterocycles. The molecule has 1 amide bonds. The number of nitrogens with one attached hydrogen (secondary N) is 1. The van der Waals surface area contributed by atoms with Gasteiger partial charge in [0.1, 0.15) is 9.96 Å². The van der Waals surface area contributed by atoms with Crippen molar-refractivity contribution in [3.05, 3.63) is 46.3 Å². The van der Waals surface area contributed by atoms with E-state index in [1.165, 1.54) is 18.2 Å². The number of hydrogen-bond acceptors (Lipinski definition) is 5. The molecule has 0 radical (unpaired) electrons. The fourth-order valence-corrected chi connectivity index (χ4v) is 3.39. The Morgan fingerprint density at radius 2 is 2.05 bits per heavy atom. The van der Waals surface area contributed by atoms with Crippen molar-refractivity contribution < 1.29 is 18.3 Å². The molecule has 0 fully saturated rings. The number of primary sulfonamides is 1. The molecule has 0 unspecified atom stereocenters. The van der Waals surface area contributed by atoms with E-state index in [9.17, 15) is 18.3 Å². The van der Waals surface area contributed by atoms with E-state index in [0.29, 0.717) is 16.0 Å². The highest BCUT2D eigenvalue weighted by molar-refractivity contribution is 7.91. The van der Waals surface area contributed by atoms with Crippen LogP contribution in [-0.2, 0) is 16.6 Å². The molecule has 0 atom stereocenters. The molecule has 0 aliphatic rings. The molecule has 8 heteroatoms. The molecule has 0 saturated heterocycles. The largest absolute Gasteiger partial charge is 0.508 e. The van der Waals surface area contributed by atoms with Crippen LogP contribution in [-0.4, -0.2) is 19.4 Å². The molecule has 2 aromatic rings. The summed E-state index contributed by atoms with van der Waals surface area (Å²) in [6.45, 7) is 1.91. The van der Waals surface area contributed by atoms with Gasteiger partial charge in [0.2, 0.25) is 10.0 Å². The summed E-state index contributed by atoms with van der Waals surface area (Å²) in [5, 5.41) is 17.1. The van der Waals surface area contributed by atoms with E-state index in [-0.39, 0.29) is 22.4 Å². The molecule has 0 spiro atoms. The highest BCUT2D eigenvalue weighted by Gasteiger charge is 2.12. The standard InChI is InChI=1S/C13H14N2O4S2/c1-8-6-9(2-4-11(8)16)13(17)15-7-10-3-5-12(20-10)21(14,18)19/h2-6,16H,7H2,1H3,(H,15,17)(H2,14,18,19). The lowest BCUT2D eigenvalue weighted by Gasteiger charge is -2.05. The van der Waals surface area contributed by atoms with Crippen LogP contribution in [0.4, 0.5) is 0 Å². The summed E-state index contributed by atoms with van der Waals surface area (Å²) in [6.07, 6.45) is 0. The number of sulfonamides is 1. The smallest absolute Gasteiger partial charge is 0.251 e. The van der Waals surface area contributed by atoms with Crippen molar-refractivity contribution in [3.63, 3.8) is 0 Å². The number of carbonyl (C=O) groups excluding carboxylic acids is 1. The Labute approximate surface area is 126 Å². The lowest BCUT2D eigenvalue weighted by Crippen LogP contribution is -2.22. The zero-order valence-corrected chi connectivity index (χ0v) is 12.8. The summed E-state index contributed by atoms with van der Waals surface area (Å²) in [7, 11) is -3.71. The van der Waals surface area contributed by atoms with Crippen molar-refractivity contribution in [2.24, 2.45) is 5.14 Å². The quantitative estimate of drug-likeness (QED) is 0.787. The van der Waals surface area contributed by atoms with Crippen molar-refractivity contribution in [1.29, 1.82) is 0 Å². The summed E-state index contributed by atoms with van der Waals surface area (Å²) in [4.78, 5) is 12.6. The number of aromatic hydroxyl groups is 1. The third-order valence-corrected chi connectivity index (χ3v) is 5.32. The van der Waals surface area contributed by atoms with Gasteiger partial charge in [-0.25, -0.2) is 13.6 Å². The van der Waals surface area contributed by atoms with E-state index in [2.05, 4.69) is 5.32 Å². The van der Waals surface area contributed by atoms with Crippen LogP contribution in [0.1, 0.15) is 20.8 Å². The van der Waals surface area contributed by atoms with Gasteiger partial charge in [0.15, 0.2) is 0 Å². The maximum atomic E-state index is 12.0. The SMILES string of the molecule is Cc1cc(C(=O)NCc2ccc(S(N)(=O)=O)s2)ccc1O. The van der Waals surface area contributed by atoms with E-state index in [0.717, 1.165) is 11.3 Å². The summed E-state index contributed by atoms with van der Waals surface area (Å²) in [5.41, 5.74) is 1.03. The summed E-state index contributed by atoms with van der Waals surface area (Å²) in [6, 6.07) is 7.56. The highest BCUT2D eigenvalue weighted by Crippen LogP contribution is 2.20. The van der Waals surface area contributed by atoms with Gasteiger partial charge in [0.05, 0.1) is 6.54 Å². The molecule has 0 aliphatic carbocycles. The summed E-state index contributed by atoms with van der Waals surface area (Å²) >= 11 is 1.01. The lowest BCUT2D eigenvalue weighted by atomic mass is 10.1. The number of thiophene rings is 1. The topological polar surface area (TPSA) is 109 Å². The highest BCUT2D eigenvalue weighted by atomic mass is 32.2. The zero-order chi connectivity index (χ0) is 15.6. The predicted octanol–water partition coefficient (Wildman–Crippen LogP) is 1.34. The molecule has 1 aromatic heterocycles. The van der Waals surface area contributed by atoms with Gasteiger partial charge in [0, 0.05) is 10.4 Å². The molecule has 4 N–H and O–H groups in total. The van der Waals surface area contributed by atoms with Crippen LogP contribution >= 0.6 is 11.3 Å². The van der Waals surface area contributed by atoms with Gasteiger partial charge in [-0.3, -0.25) is 4.79 Å². The number of carbonyl (C=O) groups is 1. The third kappa shape index (κ3) is 3.81. The molecule has 0 bridgehead atoms. The first-order valence-electron chi connectivity index (χ1n) is 5.96. The van der Waals surface area contributed by atoms with Gasteiger partial charge in [-0.1, -0.05) is 0 Å². The molecular weight excluding hydrogens is 312 g/mol. The number of phenols is 1. The van der Waals surface area contributed by atoms with E-state index >= 15 is 0 Å². The Hall–Kier alpha value is -1.90. The van der Waals surface area contributed by atoms with Crippen molar-refractivity contribution in [3.8, 4) is 5.75 Å². The Balaban J connectivity index is 2.04. The number of benzene rings is 1. The molecule has 21 heavy (non-hydrogen) atoms. The normalized spacial score (nSPS) is 11.3. The van der Waals surface area contributed by atoms with Crippen LogP contribution < -0.4 is 10.5 Å². The maximum absolute atomic E-state index is 12.0. The molecule has 6 nitrogen and oxygen atoms in total. The Kier molecular flexibility index (Phi) is 4.31. The second kappa shape index (κ2) is 5.84. The fraction of sp³-hybridized carbons (Fsp3) is 0.154. The second-order valence-electron chi connectivity index (χ2n) is 4.45. The maximum Gasteiger partial charge on any atom is 0.251 e. The zero-order valence-electron chi connectivity index (χ0n) is 11.2. The number of rotatable bonds is 4. The summed E-state index contributed by atoms with van der Waals surface area (Å²) in [5.74, 6) is -0.175. The molecule has 0 aliphatic heterocycles. The average Bonchev–Trinajstić information content (AvgIpc) is 2.88. The van der Waals surface area contributed by atoms with Gasteiger partial charge >= 0.3 is 0 Å². The fourth-order valence-electron chi connectivity index (χ4n) is 1.67. The minimum Gasteiger partial charge on any atom is -0.508 e. The van der Waals surface area contributed by atoms with Crippen molar-refractivity contribution >= 4 is 27.3 Å². The third-order valence-electron chi connectivity index (χ3n) is 2.80. The predicted molar refractivity (Wildman–Crippen MR) is 79.7 cm³/mol. The molecule has 1 aromatic carbocycles. The minimum absolute atomic E-state index is 0.0622. The number of hydrogen-bond donors (Lipinski definition) is 3. The first-order chi connectivity index (χ1) is 9.77. The van der Waals surface area contributed by atoms with Crippen LogP contribution in [0.15, 0.2) is 34.5 Å². The van der Waals surface area contributed by atoms with Crippen LogP contribution in [0.5, 0.6) is 5.75 Å². The van der Waals surface area contributed by atoms with Crippen LogP contribution in [0, 0.1) is 6.92 Å². The number of phenolic OH excluding ortho intramolecular Hbond substituents is 1. The molecule has 2 rings (SSSR count). The Bertz CT molecular complexity index is 781. The van der Waals surface area contributed by atoms with E-state index in [1.54, 1.807) is 19.1 Å². The monoisotopic (exact) mass is 326 g/mol. The van der Waals surface area contributed by atoms with Gasteiger partial charge in [-0.05, 0) is 42.8 Å². The first kappa shape index (κ1) is 15.5. The Morgan fingerprint density at radius 3 is 2.62 bits per heavy atom. The van der Waals surface area contributed by atoms with E-state index < -0.39 is 10.0 Å². The van der Waals surface area contributed by atoms with Gasteiger partial charge in [-0.15, -0.1) is 11.3 Å². The van der Waals surface area contributed by atoms with Gasteiger partial charge in [-0.2, -0.15) is 0 Å². The van der Waals surface area contributed by atoms with E-state index in [1.807, 2.05) is 0 Å². The first-order valence-corrected chi connectivity index (χ1v) is 8.33. The van der Waals surface area contributed by atoms with Crippen molar-refractivity contribution in [2.45, 2.75) is 17.7 Å². The molecular formula is C13H14N2O4S2. The van der Waals surface area contributed by atoms with Crippen molar-refractivity contribution in [2.75, 3.05) is 0 Å². The minimum atomic E-state index is -3.71. The van der Waals surface area contributed by atoms with Crippen molar-refractivity contribution in [1.82, 2.24) is 5.32 Å². The second-order valence-corrected chi connectivity index (χ2v) is 7.41. The number of amides is 1. The molecule has 112 valence electrons. The van der Waals surface area contributed by atoms with Crippen LogP contribution in [0.2, 0.25) is 0 Å². The average molecular weight is 326 g/mol.